The Hall–Kier alpha value is -4.61. The first-order valence-electron chi connectivity index (χ1n) is 13.6. The van der Waals surface area contributed by atoms with Crippen molar-refractivity contribution in [3.8, 4) is 0 Å². The molecule has 3 aromatic heterocycles. The van der Waals surface area contributed by atoms with Gasteiger partial charge in [-0.1, -0.05) is 60.7 Å². The molecule has 43 heavy (non-hydrogen) atoms. The second-order valence-electron chi connectivity index (χ2n) is 9.71. The molecule has 0 spiro atoms. The van der Waals surface area contributed by atoms with E-state index >= 15 is 0 Å². The van der Waals surface area contributed by atoms with Gasteiger partial charge in [0.25, 0.3) is 11.5 Å². The van der Waals surface area contributed by atoms with E-state index in [-0.39, 0.29) is 39.1 Å². The summed E-state index contributed by atoms with van der Waals surface area (Å²) >= 11 is 2.04. The number of carbonyl (C=O) groups excluding carboxylic acids is 3. The number of ether oxygens (including phenoxy) is 2. The molecule has 0 radical (unpaired) electrons. The zero-order valence-corrected chi connectivity index (χ0v) is 25.5. The molecule has 5 aromatic rings. The van der Waals surface area contributed by atoms with Crippen molar-refractivity contribution in [3.63, 3.8) is 0 Å². The Morgan fingerprint density at radius 2 is 1.53 bits per heavy atom. The van der Waals surface area contributed by atoms with Crippen LogP contribution in [0, 0.1) is 13.8 Å². The summed E-state index contributed by atoms with van der Waals surface area (Å²) in [5.41, 5.74) is 2.67. The van der Waals surface area contributed by atoms with Gasteiger partial charge in [0.05, 0.1) is 41.9 Å². The summed E-state index contributed by atoms with van der Waals surface area (Å²) in [6.45, 7) is 5.62. The molecule has 0 bridgehead atoms. The highest BCUT2D eigenvalue weighted by Crippen LogP contribution is 2.36. The van der Waals surface area contributed by atoms with Gasteiger partial charge in [0, 0.05) is 6.42 Å². The van der Waals surface area contributed by atoms with Crippen LogP contribution in [-0.4, -0.2) is 40.6 Å². The van der Waals surface area contributed by atoms with Crippen LogP contribution in [0.3, 0.4) is 0 Å². The number of anilines is 1. The minimum Gasteiger partial charge on any atom is -0.462 e. The van der Waals surface area contributed by atoms with Crippen molar-refractivity contribution < 1.29 is 23.9 Å². The van der Waals surface area contributed by atoms with Gasteiger partial charge in [0.2, 0.25) is 0 Å². The van der Waals surface area contributed by atoms with E-state index < -0.39 is 17.8 Å². The Kier molecular flexibility index (Phi) is 9.13. The summed E-state index contributed by atoms with van der Waals surface area (Å²) in [6, 6.07) is 19.2. The number of esters is 2. The van der Waals surface area contributed by atoms with E-state index in [2.05, 4.69) is 10.3 Å². The molecule has 220 valence electrons. The fraction of sp³-hybridized carbons (Fsp3) is 0.219. The van der Waals surface area contributed by atoms with Gasteiger partial charge in [-0.05, 0) is 43.0 Å². The maximum atomic E-state index is 13.5. The second kappa shape index (κ2) is 13.1. The van der Waals surface area contributed by atoms with Crippen LogP contribution in [0.1, 0.15) is 58.9 Å². The lowest BCUT2D eigenvalue weighted by atomic mass is 10.1. The molecular weight excluding hydrogens is 587 g/mol. The average Bonchev–Trinajstić information content (AvgIpc) is 3.52. The van der Waals surface area contributed by atoms with Gasteiger partial charge in [0.15, 0.2) is 0 Å². The number of rotatable bonds is 10. The SMILES string of the molecule is CCOC(=O)c1c(NC(=O)c2sc3ncn(Cc4ccccc4)c(=O)c3c2C)sc(C(=O)OCCc2ccccc2)c1C. The van der Waals surface area contributed by atoms with Crippen LogP contribution >= 0.6 is 22.7 Å². The predicted molar refractivity (Wildman–Crippen MR) is 168 cm³/mol. The number of hydrogen-bond acceptors (Lipinski definition) is 9. The maximum Gasteiger partial charge on any atom is 0.348 e. The van der Waals surface area contributed by atoms with Crippen molar-refractivity contribution in [1.82, 2.24) is 9.55 Å². The van der Waals surface area contributed by atoms with Crippen LogP contribution in [0.2, 0.25) is 0 Å². The van der Waals surface area contributed by atoms with Crippen molar-refractivity contribution in [2.24, 2.45) is 0 Å². The average molecular weight is 616 g/mol. The quantitative estimate of drug-likeness (QED) is 0.191. The fourth-order valence-corrected chi connectivity index (χ4v) is 6.76. The van der Waals surface area contributed by atoms with Crippen molar-refractivity contribution in [1.29, 1.82) is 0 Å². The molecule has 9 nitrogen and oxygen atoms in total. The van der Waals surface area contributed by atoms with E-state index in [1.54, 1.807) is 20.8 Å². The van der Waals surface area contributed by atoms with Crippen LogP contribution in [-0.2, 0) is 22.4 Å². The van der Waals surface area contributed by atoms with Crippen molar-refractivity contribution >= 4 is 55.7 Å². The standard InChI is InChI=1S/C32H29N3O6S2/c1-4-40-31(38)24-20(3)26(32(39)41-16-15-21-11-7-5-8-12-21)43-29(24)34-27(36)25-19(2)23-28(42-25)33-18-35(30(23)37)17-22-13-9-6-10-14-22/h5-14,18H,4,15-17H2,1-3H3,(H,34,36). The zero-order valence-electron chi connectivity index (χ0n) is 23.8. The molecule has 11 heteroatoms. The Labute approximate surface area is 255 Å². The van der Waals surface area contributed by atoms with Crippen LogP contribution in [0.5, 0.6) is 0 Å². The zero-order chi connectivity index (χ0) is 30.5. The van der Waals surface area contributed by atoms with Gasteiger partial charge in [-0.15, -0.1) is 22.7 Å². The summed E-state index contributed by atoms with van der Waals surface area (Å²) in [5.74, 6) is -1.77. The number of carbonyl (C=O) groups is 3. The summed E-state index contributed by atoms with van der Waals surface area (Å²) in [4.78, 5) is 58.2. The van der Waals surface area contributed by atoms with Crippen LogP contribution in [0.25, 0.3) is 10.2 Å². The van der Waals surface area contributed by atoms with Gasteiger partial charge >= 0.3 is 11.9 Å². The topological polar surface area (TPSA) is 117 Å². The third-order valence-corrected chi connectivity index (χ3v) is 9.21. The molecule has 0 saturated heterocycles. The number of fused-ring (bicyclic) bond motifs is 1. The first-order chi connectivity index (χ1) is 20.8. The van der Waals surface area contributed by atoms with Crippen LogP contribution in [0.4, 0.5) is 5.00 Å². The molecule has 0 aliphatic rings. The lowest BCUT2D eigenvalue weighted by molar-refractivity contribution is 0.0514. The Morgan fingerprint density at radius 3 is 2.21 bits per heavy atom. The normalized spacial score (nSPS) is 11.0. The lowest BCUT2D eigenvalue weighted by Gasteiger charge is -2.07. The number of benzene rings is 2. The summed E-state index contributed by atoms with van der Waals surface area (Å²) < 4.78 is 12.2. The van der Waals surface area contributed by atoms with E-state index in [4.69, 9.17) is 9.47 Å². The molecule has 3 heterocycles. The number of amides is 1. The van der Waals surface area contributed by atoms with Crippen LogP contribution in [0.15, 0.2) is 71.8 Å². The molecule has 5 rings (SSSR count). The Bertz CT molecular complexity index is 1860. The minimum atomic E-state index is -0.659. The highest BCUT2D eigenvalue weighted by atomic mass is 32.1. The van der Waals surface area contributed by atoms with Gasteiger partial charge in [-0.25, -0.2) is 14.6 Å². The minimum absolute atomic E-state index is 0.0947. The van der Waals surface area contributed by atoms with E-state index in [1.165, 1.54) is 10.9 Å². The molecular formula is C32H29N3O6S2. The number of nitrogens with one attached hydrogen (secondary N) is 1. The number of aromatic nitrogens is 2. The van der Waals surface area contributed by atoms with E-state index in [0.29, 0.717) is 34.3 Å². The predicted octanol–water partition coefficient (Wildman–Crippen LogP) is 6.01. The number of hydrogen-bond donors (Lipinski definition) is 1. The van der Waals surface area contributed by atoms with Crippen molar-refractivity contribution in [3.05, 3.63) is 115 Å². The smallest absolute Gasteiger partial charge is 0.348 e. The van der Waals surface area contributed by atoms with Gasteiger partial charge in [-0.2, -0.15) is 0 Å². The summed E-state index contributed by atoms with van der Waals surface area (Å²) in [6.07, 6.45) is 2.02. The lowest BCUT2D eigenvalue weighted by Crippen LogP contribution is -2.21. The molecule has 1 amide bonds. The van der Waals surface area contributed by atoms with E-state index in [0.717, 1.165) is 33.8 Å². The van der Waals surface area contributed by atoms with Gasteiger partial charge in [-0.3, -0.25) is 14.2 Å². The van der Waals surface area contributed by atoms with Gasteiger partial charge < -0.3 is 14.8 Å². The highest BCUT2D eigenvalue weighted by molar-refractivity contribution is 7.21. The largest absolute Gasteiger partial charge is 0.462 e. The third kappa shape index (κ3) is 6.42. The maximum absolute atomic E-state index is 13.5. The van der Waals surface area contributed by atoms with Gasteiger partial charge in [0.1, 0.15) is 14.7 Å². The third-order valence-electron chi connectivity index (χ3n) is 6.82. The number of nitrogens with zero attached hydrogens (tertiary/aromatic N) is 2. The molecule has 0 atom stereocenters. The number of thiophene rings is 2. The molecule has 0 aliphatic heterocycles. The first-order valence-corrected chi connectivity index (χ1v) is 15.3. The van der Waals surface area contributed by atoms with E-state index in [1.807, 2.05) is 60.7 Å². The monoisotopic (exact) mass is 615 g/mol. The highest BCUT2D eigenvalue weighted by Gasteiger charge is 2.29. The Balaban J connectivity index is 1.41. The molecule has 2 aromatic carbocycles. The summed E-state index contributed by atoms with van der Waals surface area (Å²) in [7, 11) is 0. The number of aryl methyl sites for hydroxylation is 1. The second-order valence-corrected chi connectivity index (χ2v) is 11.7. The van der Waals surface area contributed by atoms with Crippen molar-refractivity contribution in [2.75, 3.05) is 18.5 Å². The molecule has 1 N–H and O–H groups in total. The van der Waals surface area contributed by atoms with Crippen molar-refractivity contribution in [2.45, 2.75) is 33.7 Å². The molecule has 0 saturated carbocycles. The fourth-order valence-electron chi connectivity index (χ4n) is 4.65. The molecule has 0 aliphatic carbocycles. The van der Waals surface area contributed by atoms with E-state index in [9.17, 15) is 19.2 Å². The molecule has 0 fully saturated rings. The summed E-state index contributed by atoms with van der Waals surface area (Å²) in [5, 5.41) is 3.32. The molecule has 0 unspecified atom stereocenters. The first kappa shape index (κ1) is 29.9. The van der Waals surface area contributed by atoms with Crippen LogP contribution < -0.4 is 10.9 Å². The Morgan fingerprint density at radius 1 is 0.860 bits per heavy atom.